The number of nitrogens with two attached hydrogens (primary N) is 1. The Morgan fingerprint density at radius 2 is 1.13 bits per heavy atom. The number of nitrogen functional groups attached to an aromatic ring is 1. The molecule has 1 atom stereocenters. The number of hydrogen-bond donors (Lipinski definition) is 2. The van der Waals surface area contributed by atoms with Gasteiger partial charge in [0.1, 0.15) is 39.8 Å². The number of hydrogen-bond acceptors (Lipinski definition) is 21. The quantitative estimate of drug-likeness (QED) is 0.0255. The lowest BCUT2D eigenvalue weighted by molar-refractivity contribution is -0.387. The maximum atomic E-state index is 13.3. The first kappa shape index (κ1) is 89.2. The number of ether oxygens (including phenoxy) is 4. The second-order valence-corrected chi connectivity index (χ2v) is 33.9. The van der Waals surface area contributed by atoms with Gasteiger partial charge < -0.3 is 34.0 Å². The smallest absolute Gasteiger partial charge is 0.502 e. The molecule has 2 saturated heterocycles. The number of halogens is 7. The van der Waals surface area contributed by atoms with E-state index in [2.05, 4.69) is 64.4 Å². The van der Waals surface area contributed by atoms with E-state index >= 15 is 0 Å². The van der Waals surface area contributed by atoms with Crippen LogP contribution in [-0.2, 0) is 58.3 Å². The third-order valence-electron chi connectivity index (χ3n) is 17.7. The molecule has 3 N–H and O–H groups in total. The van der Waals surface area contributed by atoms with E-state index in [1.165, 1.54) is 97.2 Å². The van der Waals surface area contributed by atoms with Gasteiger partial charge in [-0.2, -0.15) is 8.78 Å². The van der Waals surface area contributed by atoms with Gasteiger partial charge in [-0.05, 0) is 190 Å². The van der Waals surface area contributed by atoms with Gasteiger partial charge in [0.2, 0.25) is 41.7 Å². The molecule has 7 heterocycles. The Kier molecular flexibility index (Phi) is 32.8. The number of pyridine rings is 1. The number of nitrogens with zero attached hydrogens (tertiary/aromatic N) is 8. The van der Waals surface area contributed by atoms with E-state index < -0.39 is 80.5 Å². The van der Waals surface area contributed by atoms with Crippen LogP contribution in [0.2, 0.25) is 10.2 Å². The molecule has 108 heavy (non-hydrogen) atoms. The van der Waals surface area contributed by atoms with Crippen molar-refractivity contribution >= 4 is 133 Å². The third kappa shape index (κ3) is 25.7. The van der Waals surface area contributed by atoms with E-state index in [9.17, 15) is 73.2 Å². The Hall–Kier alpha value is -7.75. The summed E-state index contributed by atoms with van der Waals surface area (Å²) in [4.78, 5) is 37.5. The van der Waals surface area contributed by atoms with Gasteiger partial charge in [0.15, 0.2) is 11.5 Å². The van der Waals surface area contributed by atoms with Crippen molar-refractivity contribution in [1.29, 1.82) is 0 Å². The van der Waals surface area contributed by atoms with Gasteiger partial charge in [-0.15, -0.1) is 0 Å². The number of sulfonamides is 3. The normalized spacial score (nSPS) is 17.5. The monoisotopic (exact) mass is 1680 g/mol. The maximum absolute atomic E-state index is 13.3. The first-order chi connectivity index (χ1) is 50.5. The molecule has 6 aliphatic rings. The van der Waals surface area contributed by atoms with Crippen LogP contribution in [0, 0.1) is 42.0 Å². The molecule has 39 heteroatoms. The average Bonchev–Trinajstić information content (AvgIpc) is 1.62. The van der Waals surface area contributed by atoms with Crippen LogP contribution < -0.4 is 19.1 Å². The van der Waals surface area contributed by atoms with Crippen molar-refractivity contribution in [2.75, 3.05) is 80.7 Å². The summed E-state index contributed by atoms with van der Waals surface area (Å²) in [6, 6.07) is 18.9. The first-order valence-electron chi connectivity index (χ1n) is 34.0. The second kappa shape index (κ2) is 39.8. The lowest BCUT2D eigenvalue weighted by Gasteiger charge is -2.32. The Balaban J connectivity index is 0.000000201. The van der Waals surface area contributed by atoms with Crippen molar-refractivity contribution in [1.82, 2.24) is 19.3 Å². The molecule has 6 aromatic rings. The van der Waals surface area contributed by atoms with Gasteiger partial charge in [-0.25, -0.2) is 48.7 Å². The van der Waals surface area contributed by atoms with Crippen LogP contribution in [0.5, 0.6) is 0 Å². The highest BCUT2D eigenvalue weighted by Crippen LogP contribution is 2.41. The van der Waals surface area contributed by atoms with Gasteiger partial charge in [-0.3, -0.25) is 43.5 Å². The first-order valence-corrected chi connectivity index (χ1v) is 41.2. The number of rotatable bonds is 14. The van der Waals surface area contributed by atoms with Crippen LogP contribution >= 0.6 is 39.1 Å². The second-order valence-electron chi connectivity index (χ2n) is 26.2. The largest absolute Gasteiger partial charge is 0.531 e. The number of aromatic nitrogens is 3. The highest BCUT2D eigenvalue weighted by molar-refractivity contribution is 9.10. The number of nitro benzene ring substituents is 3. The number of imidazole rings is 1. The maximum Gasteiger partial charge on any atom is 0.531 e. The zero-order chi connectivity index (χ0) is 80.2. The lowest BCUT2D eigenvalue weighted by atomic mass is 9.84. The van der Waals surface area contributed by atoms with E-state index in [1.807, 2.05) is 30.4 Å². The van der Waals surface area contributed by atoms with Crippen molar-refractivity contribution in [2.24, 2.45) is 0 Å². The molecule has 3 fully saturated rings. The van der Waals surface area contributed by atoms with Crippen molar-refractivity contribution in [3.05, 3.63) is 182 Å². The number of nitro groups is 3. The predicted molar refractivity (Wildman–Crippen MR) is 411 cm³/mol. The molecular weight excluding hydrogens is 1590 g/mol. The minimum Gasteiger partial charge on any atom is -0.502 e. The topological polar surface area (TPSA) is 362 Å². The van der Waals surface area contributed by atoms with E-state index in [-0.39, 0.29) is 56.9 Å². The summed E-state index contributed by atoms with van der Waals surface area (Å²) in [6.45, 7) is 10.7. The number of nitrogens with one attached hydrogen (secondary N) is 1. The summed E-state index contributed by atoms with van der Waals surface area (Å²) in [6.07, 6.45) is 20.3. The minimum absolute atomic E-state index is 0.0232. The van der Waals surface area contributed by atoms with Gasteiger partial charge in [-0.1, -0.05) is 64.5 Å². The summed E-state index contributed by atoms with van der Waals surface area (Å²) in [5.74, 6) is -0.286. The Bertz CT molecular complexity index is 4600. The molecule has 592 valence electrons. The lowest BCUT2D eigenvalue weighted by Crippen LogP contribution is -2.41. The van der Waals surface area contributed by atoms with Crippen LogP contribution in [0.25, 0.3) is 22.7 Å². The summed E-state index contributed by atoms with van der Waals surface area (Å²) >= 11 is 14.8. The number of anilines is 3. The van der Waals surface area contributed by atoms with E-state index in [4.69, 9.17) is 57.2 Å². The molecule has 0 amide bonds. The molecule has 1 aliphatic carbocycles. The molecule has 0 bridgehead atoms. The molecule has 0 spiro atoms. The molecule has 0 radical (unpaired) electrons. The molecule has 5 aliphatic heterocycles. The number of allylic oxidation sites excluding steroid dienone is 3. The highest BCUT2D eigenvalue weighted by atomic mass is 79.9. The fraction of sp³-hybridized carbons (Fsp3) is 0.478. The van der Waals surface area contributed by atoms with Crippen LogP contribution in [-0.4, -0.2) is 139 Å². The van der Waals surface area contributed by atoms with Crippen molar-refractivity contribution < 1.29 is 85.8 Å². The minimum atomic E-state index is -3.59. The fourth-order valence-corrected chi connectivity index (χ4v) is 12.8. The van der Waals surface area contributed by atoms with Gasteiger partial charge in [0.05, 0.1) is 81.0 Å². The van der Waals surface area contributed by atoms with Crippen LogP contribution in [0.4, 0.5) is 51.7 Å². The van der Waals surface area contributed by atoms with E-state index in [0.29, 0.717) is 70.7 Å². The standard InChI is InChI=1S/C14H22N2O2S.C13H16N2O5S.C12H11Cl2F2N3O.C11H19BO3.C11H10FNO3.C6H3BrFNO2.C2H7NO2S/c1-16(19(2,17)18)14-10-12(8-9-13(14)15)11-6-4-3-5-7-11;1-14(21(2,18)19)12-9-10(6-7-11(12)15(16)17)13-5-3-4-8-20-13;13-6-5-7(14)17-11-9(6)18-12(10(15)16)19(11)8-3-1-2-4-20-8;1-10(2)11(3,4)15-12(14-10)9-7-5-6-8-13-9;12-9-7-8(4-5-10(9)13(14)15)11-3-1-2-6-16-11;7-4-1-2-6(9(10)11)5(8)3-4;1-3-6(2,4)5/h8-11H,3-7,15H2,1-2H3;5-7,9H,3-4,8H2,1-2H3;5,8,10H,1-4H2;7H,5-6,8H2,1-4H3;3-5,7H,1-2,6H2;1-3H;3H,1-2H3. The van der Waals surface area contributed by atoms with Gasteiger partial charge in [0.25, 0.3) is 12.1 Å². The molecule has 28 nitrogen and oxygen atoms in total. The molecule has 4 aromatic carbocycles. The predicted octanol–water partition coefficient (Wildman–Crippen LogP) is 16.1. The number of alkyl halides is 2. The Morgan fingerprint density at radius 3 is 1.58 bits per heavy atom. The molecule has 1 saturated carbocycles. The van der Waals surface area contributed by atoms with Gasteiger partial charge >= 0.3 is 18.5 Å². The van der Waals surface area contributed by atoms with Crippen molar-refractivity contribution in [3.8, 4) is 0 Å². The molecular formula is C69H88BBrCl2F4N10O18S3. The summed E-state index contributed by atoms with van der Waals surface area (Å²) in [5, 5.41) is 31.9. The number of fused-ring (bicyclic) bond motifs is 1. The fourth-order valence-electron chi connectivity index (χ4n) is 11.0. The van der Waals surface area contributed by atoms with E-state index in [1.54, 1.807) is 13.1 Å². The Labute approximate surface area is 644 Å². The van der Waals surface area contributed by atoms with Crippen LogP contribution in [0.3, 0.4) is 0 Å². The Morgan fingerprint density at radius 1 is 0.639 bits per heavy atom. The van der Waals surface area contributed by atoms with Crippen molar-refractivity contribution in [2.45, 2.75) is 147 Å². The van der Waals surface area contributed by atoms with E-state index in [0.717, 1.165) is 105 Å². The van der Waals surface area contributed by atoms with Crippen LogP contribution in [0.15, 0.2) is 107 Å². The van der Waals surface area contributed by atoms with Crippen molar-refractivity contribution in [3.63, 3.8) is 0 Å². The average molecular weight is 1680 g/mol. The molecule has 2 aromatic heterocycles. The SMILES string of the molecule is CC1(C)OB(C2=CCCCO2)OC1(C)C.CN(c1cc(C2=CCCCO2)ccc1[N+](=O)[O-])S(C)(=O)=O.CN(c1cc(C2CCCCC2)ccc1N)S(C)(=O)=O.CNS(C)(=O)=O.FC(F)c1nc2c(Cl)cc(Cl)nc2n1C1CCCCO1.O=[N+]([O-])c1ccc(Br)cc1F.O=[N+]([O-])c1ccc(C2=CCCCO2)cc1F. The van der Waals surface area contributed by atoms with Gasteiger partial charge in [0, 0.05) is 54.5 Å². The highest BCUT2D eigenvalue weighted by Gasteiger charge is 2.53. The summed E-state index contributed by atoms with van der Waals surface area (Å²) < 4.78 is 159. The summed E-state index contributed by atoms with van der Waals surface area (Å²) in [5.41, 5.74) is 8.88. The van der Waals surface area contributed by atoms with Crippen LogP contribution in [0.1, 0.15) is 159 Å². The molecule has 12 rings (SSSR count). The zero-order valence-corrected chi connectivity index (χ0v) is 66.7. The molecule has 1 unspecified atom stereocenters. The summed E-state index contributed by atoms with van der Waals surface area (Å²) in [7, 11) is -5.89. The zero-order valence-electron chi connectivity index (χ0n) is 61.1. The number of benzene rings is 4. The third-order valence-corrected chi connectivity index (χ3v) is 21.8.